The number of ether oxygens (including phenoxy) is 1. The van der Waals surface area contributed by atoms with Crippen LogP contribution in [0.1, 0.15) is 32.1 Å². The zero-order valence-electron chi connectivity index (χ0n) is 13.5. The summed E-state index contributed by atoms with van der Waals surface area (Å²) in [5.41, 5.74) is 0. The molecule has 1 fully saturated rings. The van der Waals surface area contributed by atoms with E-state index in [1.807, 2.05) is 0 Å². The first kappa shape index (κ1) is 17.2. The zero-order valence-corrected chi connectivity index (χ0v) is 15.0. The van der Waals surface area contributed by atoms with Gasteiger partial charge < -0.3 is 15.0 Å². The molecule has 0 unspecified atom stereocenters. The minimum atomic E-state index is -0.521. The van der Waals surface area contributed by atoms with E-state index in [0.717, 1.165) is 12.8 Å². The van der Waals surface area contributed by atoms with Gasteiger partial charge in [-0.05, 0) is 12.3 Å². The standard InChI is InChI=1S/C16H20ClN3O3S/c1-23-11-7-14(21)20(9-11)12(6-10-4-2-3-5-10)15(22)19-16-18-8-13(17)24-16/h7-8,10,12H,2-6,9H2,1H3,(H,18,19,22)/t12-/m0/s1. The number of halogens is 1. The van der Waals surface area contributed by atoms with Crippen molar-refractivity contribution in [2.45, 2.75) is 38.1 Å². The van der Waals surface area contributed by atoms with Gasteiger partial charge in [-0.3, -0.25) is 9.59 Å². The fourth-order valence-electron chi connectivity index (χ4n) is 3.34. The van der Waals surface area contributed by atoms with Crippen molar-refractivity contribution in [1.82, 2.24) is 9.88 Å². The van der Waals surface area contributed by atoms with Gasteiger partial charge in [0.15, 0.2) is 5.13 Å². The van der Waals surface area contributed by atoms with Crippen LogP contribution in [0.25, 0.3) is 0 Å². The SMILES string of the molecule is COC1=CC(=O)N([C@@H](CC2CCCC2)C(=O)Nc2ncc(Cl)s2)C1. The van der Waals surface area contributed by atoms with Crippen molar-refractivity contribution in [3.8, 4) is 0 Å². The third-order valence-corrected chi connectivity index (χ3v) is 5.60. The molecule has 0 bridgehead atoms. The second-order valence-corrected chi connectivity index (χ2v) is 7.80. The smallest absolute Gasteiger partial charge is 0.251 e. The van der Waals surface area contributed by atoms with E-state index in [-0.39, 0.29) is 11.8 Å². The molecular formula is C16H20ClN3O3S. The number of nitrogens with one attached hydrogen (secondary N) is 1. The maximum Gasteiger partial charge on any atom is 0.251 e. The van der Waals surface area contributed by atoms with Crippen LogP contribution in [0.4, 0.5) is 5.13 Å². The van der Waals surface area contributed by atoms with Gasteiger partial charge >= 0.3 is 0 Å². The Balaban J connectivity index is 1.73. The normalized spacial score (nSPS) is 19.5. The quantitative estimate of drug-likeness (QED) is 0.836. The lowest BCUT2D eigenvalue weighted by Crippen LogP contribution is -2.46. The highest BCUT2D eigenvalue weighted by molar-refractivity contribution is 7.19. The first-order valence-electron chi connectivity index (χ1n) is 8.04. The summed E-state index contributed by atoms with van der Waals surface area (Å²) in [6.07, 6.45) is 8.22. The van der Waals surface area contributed by atoms with Crippen LogP contribution in [0.15, 0.2) is 18.0 Å². The number of carbonyl (C=O) groups is 2. The molecule has 24 heavy (non-hydrogen) atoms. The third kappa shape index (κ3) is 3.89. The predicted octanol–water partition coefficient (Wildman–Crippen LogP) is 3.06. The van der Waals surface area contributed by atoms with Gasteiger partial charge in [-0.25, -0.2) is 4.98 Å². The molecule has 2 amide bonds. The number of thiazole rings is 1. The lowest BCUT2D eigenvalue weighted by Gasteiger charge is -2.28. The van der Waals surface area contributed by atoms with E-state index in [4.69, 9.17) is 16.3 Å². The number of methoxy groups -OCH3 is 1. The topological polar surface area (TPSA) is 71.5 Å². The number of amides is 2. The Morgan fingerprint density at radius 2 is 2.29 bits per heavy atom. The lowest BCUT2D eigenvalue weighted by molar-refractivity contribution is -0.134. The minimum absolute atomic E-state index is 0.179. The van der Waals surface area contributed by atoms with Crippen LogP contribution in [0, 0.1) is 5.92 Å². The molecule has 8 heteroatoms. The summed E-state index contributed by atoms with van der Waals surface area (Å²) in [4.78, 5) is 30.7. The lowest BCUT2D eigenvalue weighted by atomic mass is 9.97. The predicted molar refractivity (Wildman–Crippen MR) is 92.9 cm³/mol. The number of carbonyl (C=O) groups excluding carboxylic acids is 2. The Morgan fingerprint density at radius 1 is 1.54 bits per heavy atom. The molecule has 2 aliphatic rings. The second kappa shape index (κ2) is 7.53. The summed E-state index contributed by atoms with van der Waals surface area (Å²) in [7, 11) is 1.53. The highest BCUT2D eigenvalue weighted by Crippen LogP contribution is 2.32. The first-order chi connectivity index (χ1) is 11.6. The van der Waals surface area contributed by atoms with Crippen LogP contribution in [0.2, 0.25) is 4.34 Å². The van der Waals surface area contributed by atoms with Crippen LogP contribution in [-0.4, -0.2) is 41.4 Å². The Bertz CT molecular complexity index is 655. The molecule has 0 aromatic carbocycles. The summed E-state index contributed by atoms with van der Waals surface area (Å²) in [6.45, 7) is 0.332. The van der Waals surface area contributed by atoms with Crippen molar-refractivity contribution in [2.75, 3.05) is 19.0 Å². The Morgan fingerprint density at radius 3 is 2.88 bits per heavy atom. The van der Waals surface area contributed by atoms with Crippen molar-refractivity contribution >= 4 is 39.9 Å². The average molecular weight is 370 g/mol. The van der Waals surface area contributed by atoms with Crippen molar-refractivity contribution in [3.63, 3.8) is 0 Å². The van der Waals surface area contributed by atoms with Crippen molar-refractivity contribution in [3.05, 3.63) is 22.4 Å². The van der Waals surface area contributed by atoms with Gasteiger partial charge in [-0.1, -0.05) is 48.6 Å². The molecular weight excluding hydrogens is 350 g/mol. The molecule has 0 saturated heterocycles. The summed E-state index contributed by atoms with van der Waals surface area (Å²) in [5, 5.41) is 3.25. The summed E-state index contributed by atoms with van der Waals surface area (Å²) >= 11 is 7.07. The Kier molecular flexibility index (Phi) is 5.40. The van der Waals surface area contributed by atoms with Gasteiger partial charge in [0.25, 0.3) is 5.91 Å². The van der Waals surface area contributed by atoms with E-state index >= 15 is 0 Å². The van der Waals surface area contributed by atoms with Gasteiger partial charge in [-0.2, -0.15) is 0 Å². The van der Waals surface area contributed by atoms with Gasteiger partial charge in [-0.15, -0.1) is 0 Å². The molecule has 1 aliphatic carbocycles. The summed E-state index contributed by atoms with van der Waals surface area (Å²) < 4.78 is 5.68. The van der Waals surface area contributed by atoms with Gasteiger partial charge in [0.05, 0.1) is 19.9 Å². The van der Waals surface area contributed by atoms with E-state index in [9.17, 15) is 9.59 Å². The number of anilines is 1. The summed E-state index contributed by atoms with van der Waals surface area (Å²) in [5.74, 6) is 0.663. The van der Waals surface area contributed by atoms with E-state index < -0.39 is 6.04 Å². The van der Waals surface area contributed by atoms with Gasteiger partial charge in [0, 0.05) is 6.08 Å². The first-order valence-corrected chi connectivity index (χ1v) is 9.23. The number of hydrogen-bond donors (Lipinski definition) is 1. The van der Waals surface area contributed by atoms with Crippen molar-refractivity contribution < 1.29 is 14.3 Å². The molecule has 130 valence electrons. The Labute approximate surface area is 149 Å². The summed E-state index contributed by atoms with van der Waals surface area (Å²) in [6, 6.07) is -0.521. The molecule has 1 aromatic rings. The van der Waals surface area contributed by atoms with Crippen molar-refractivity contribution in [1.29, 1.82) is 0 Å². The number of nitrogens with zero attached hydrogens (tertiary/aromatic N) is 2. The second-order valence-electron chi connectivity index (χ2n) is 6.14. The third-order valence-electron chi connectivity index (χ3n) is 4.57. The largest absolute Gasteiger partial charge is 0.499 e. The van der Waals surface area contributed by atoms with Crippen LogP contribution < -0.4 is 5.32 Å². The molecule has 6 nitrogen and oxygen atoms in total. The number of aromatic nitrogens is 1. The fourth-order valence-corrected chi connectivity index (χ4v) is 4.15. The van der Waals surface area contributed by atoms with Crippen LogP contribution in [-0.2, 0) is 14.3 Å². The number of rotatable bonds is 6. The van der Waals surface area contributed by atoms with Crippen LogP contribution in [0.3, 0.4) is 0 Å². The average Bonchev–Trinajstić information content (AvgIpc) is 3.27. The minimum Gasteiger partial charge on any atom is -0.499 e. The van der Waals surface area contributed by atoms with Crippen LogP contribution >= 0.6 is 22.9 Å². The van der Waals surface area contributed by atoms with E-state index in [2.05, 4.69) is 10.3 Å². The Hall–Kier alpha value is -1.60. The number of hydrogen-bond acceptors (Lipinski definition) is 5. The highest BCUT2D eigenvalue weighted by atomic mass is 35.5. The molecule has 2 heterocycles. The highest BCUT2D eigenvalue weighted by Gasteiger charge is 2.36. The van der Waals surface area contributed by atoms with E-state index in [1.165, 1.54) is 43.6 Å². The molecule has 1 saturated carbocycles. The maximum absolute atomic E-state index is 12.8. The molecule has 0 spiro atoms. The molecule has 0 radical (unpaired) electrons. The van der Waals surface area contributed by atoms with E-state index in [1.54, 1.807) is 4.90 Å². The van der Waals surface area contributed by atoms with Gasteiger partial charge in [0.1, 0.15) is 16.1 Å². The molecule has 3 rings (SSSR count). The van der Waals surface area contributed by atoms with Gasteiger partial charge in [0.2, 0.25) is 5.91 Å². The molecule has 1 aromatic heterocycles. The maximum atomic E-state index is 12.8. The van der Waals surface area contributed by atoms with Crippen molar-refractivity contribution in [2.24, 2.45) is 5.92 Å². The monoisotopic (exact) mass is 369 g/mol. The fraction of sp³-hybridized carbons (Fsp3) is 0.562. The molecule has 1 N–H and O–H groups in total. The van der Waals surface area contributed by atoms with Crippen LogP contribution in [0.5, 0.6) is 0 Å². The molecule has 1 atom stereocenters. The zero-order chi connectivity index (χ0) is 17.1. The van der Waals surface area contributed by atoms with E-state index in [0.29, 0.717) is 34.1 Å². The molecule has 1 aliphatic heterocycles.